The van der Waals surface area contributed by atoms with Crippen LogP contribution in [0.4, 0.5) is 0 Å². The Morgan fingerprint density at radius 1 is 0.875 bits per heavy atom. The minimum absolute atomic E-state index is 0.476. The lowest BCUT2D eigenvalue weighted by molar-refractivity contribution is 0.720. The Labute approximate surface area is 59.2 Å². The SMILES string of the molecule is Cl[C@@H]1C[C@@H]1[C@@H]1C[C@@H]1Cl. The summed E-state index contributed by atoms with van der Waals surface area (Å²) in [4.78, 5) is 0. The van der Waals surface area contributed by atoms with Crippen LogP contribution in [-0.4, -0.2) is 10.8 Å². The Hall–Kier alpha value is 0.580. The monoisotopic (exact) mass is 150 g/mol. The van der Waals surface area contributed by atoms with Crippen molar-refractivity contribution in [2.45, 2.75) is 23.6 Å². The molecule has 0 aromatic rings. The molecular formula is C6H8Cl2. The molecule has 46 valence electrons. The van der Waals surface area contributed by atoms with Crippen LogP contribution in [-0.2, 0) is 0 Å². The van der Waals surface area contributed by atoms with E-state index in [0.717, 1.165) is 11.8 Å². The van der Waals surface area contributed by atoms with E-state index in [0.29, 0.717) is 10.8 Å². The highest BCUT2D eigenvalue weighted by Gasteiger charge is 2.52. The Morgan fingerprint density at radius 2 is 1.12 bits per heavy atom. The predicted octanol–water partition coefficient (Wildman–Crippen LogP) is 2.24. The Kier molecular flexibility index (Phi) is 1.04. The van der Waals surface area contributed by atoms with Crippen molar-refractivity contribution in [3.63, 3.8) is 0 Å². The third-order valence-corrected chi connectivity index (χ3v) is 3.07. The maximum atomic E-state index is 5.79. The quantitative estimate of drug-likeness (QED) is 0.504. The van der Waals surface area contributed by atoms with Gasteiger partial charge < -0.3 is 0 Å². The lowest BCUT2D eigenvalue weighted by Crippen LogP contribution is -1.84. The first-order chi connectivity index (χ1) is 3.79. The molecule has 0 bridgehead atoms. The molecule has 0 radical (unpaired) electrons. The van der Waals surface area contributed by atoms with Crippen LogP contribution in [0, 0.1) is 11.8 Å². The highest BCUT2D eigenvalue weighted by atomic mass is 35.5. The van der Waals surface area contributed by atoms with Crippen LogP contribution in [0.25, 0.3) is 0 Å². The fraction of sp³-hybridized carbons (Fsp3) is 1.00. The molecule has 0 N–H and O–H groups in total. The van der Waals surface area contributed by atoms with Crippen molar-refractivity contribution in [2.24, 2.45) is 11.8 Å². The van der Waals surface area contributed by atoms with Gasteiger partial charge in [0.05, 0.1) is 0 Å². The third kappa shape index (κ3) is 0.745. The van der Waals surface area contributed by atoms with E-state index in [1.54, 1.807) is 0 Å². The molecule has 2 rings (SSSR count). The van der Waals surface area contributed by atoms with E-state index in [4.69, 9.17) is 23.2 Å². The van der Waals surface area contributed by atoms with Crippen LogP contribution in [0.1, 0.15) is 12.8 Å². The van der Waals surface area contributed by atoms with Gasteiger partial charge in [0.1, 0.15) is 0 Å². The van der Waals surface area contributed by atoms with Gasteiger partial charge in [-0.1, -0.05) is 0 Å². The molecule has 0 amide bonds. The van der Waals surface area contributed by atoms with E-state index in [9.17, 15) is 0 Å². The van der Waals surface area contributed by atoms with E-state index in [2.05, 4.69) is 0 Å². The fourth-order valence-electron chi connectivity index (χ4n) is 1.25. The largest absolute Gasteiger partial charge is 0.123 e. The van der Waals surface area contributed by atoms with Gasteiger partial charge in [-0.3, -0.25) is 0 Å². The number of hydrogen-bond donors (Lipinski definition) is 0. The fourth-order valence-corrected chi connectivity index (χ4v) is 2.03. The van der Waals surface area contributed by atoms with E-state index in [-0.39, 0.29) is 0 Å². The maximum absolute atomic E-state index is 5.79. The molecule has 8 heavy (non-hydrogen) atoms. The first-order valence-corrected chi connectivity index (χ1v) is 3.94. The van der Waals surface area contributed by atoms with Crippen molar-refractivity contribution in [1.82, 2.24) is 0 Å². The molecule has 2 fully saturated rings. The summed E-state index contributed by atoms with van der Waals surface area (Å²) >= 11 is 11.6. The molecule has 0 aromatic heterocycles. The Bertz CT molecular complexity index is 99.1. The number of rotatable bonds is 1. The van der Waals surface area contributed by atoms with Crippen molar-refractivity contribution >= 4 is 23.2 Å². The van der Waals surface area contributed by atoms with Crippen LogP contribution in [0.15, 0.2) is 0 Å². The predicted molar refractivity (Wildman–Crippen MR) is 35.5 cm³/mol. The summed E-state index contributed by atoms with van der Waals surface area (Å²) in [6.45, 7) is 0. The lowest BCUT2D eigenvalue weighted by Gasteiger charge is -1.84. The second-order valence-electron chi connectivity index (χ2n) is 2.83. The van der Waals surface area contributed by atoms with Crippen molar-refractivity contribution in [1.29, 1.82) is 0 Å². The third-order valence-electron chi connectivity index (χ3n) is 2.07. The molecule has 4 atom stereocenters. The van der Waals surface area contributed by atoms with Crippen molar-refractivity contribution < 1.29 is 0 Å². The van der Waals surface area contributed by atoms with Crippen LogP contribution in [0.3, 0.4) is 0 Å². The summed E-state index contributed by atoms with van der Waals surface area (Å²) in [5, 5.41) is 0.951. The van der Waals surface area contributed by atoms with Gasteiger partial charge in [0.25, 0.3) is 0 Å². The first kappa shape index (κ1) is 5.37. The zero-order valence-electron chi connectivity index (χ0n) is 4.48. The van der Waals surface area contributed by atoms with Crippen LogP contribution in [0.5, 0.6) is 0 Å². The molecule has 0 unspecified atom stereocenters. The lowest BCUT2D eigenvalue weighted by atomic mass is 10.3. The van der Waals surface area contributed by atoms with Crippen molar-refractivity contribution in [2.75, 3.05) is 0 Å². The van der Waals surface area contributed by atoms with Gasteiger partial charge in [0.15, 0.2) is 0 Å². The standard InChI is InChI=1S/C6H8Cl2/c7-5-1-3(5)4-2-6(4)8/h3-6H,1-2H2/t3-,4+,5-,6+. The van der Waals surface area contributed by atoms with Crippen LogP contribution >= 0.6 is 23.2 Å². The zero-order valence-corrected chi connectivity index (χ0v) is 5.99. The average molecular weight is 151 g/mol. The summed E-state index contributed by atoms with van der Waals surface area (Å²) < 4.78 is 0. The van der Waals surface area contributed by atoms with E-state index >= 15 is 0 Å². The summed E-state index contributed by atoms with van der Waals surface area (Å²) in [7, 11) is 0. The molecule has 2 heteroatoms. The minimum atomic E-state index is 0.476. The Morgan fingerprint density at radius 3 is 1.25 bits per heavy atom. The molecule has 0 aliphatic heterocycles. The highest BCUT2D eigenvalue weighted by molar-refractivity contribution is 6.24. The molecule has 2 saturated carbocycles. The topological polar surface area (TPSA) is 0 Å². The molecule has 0 saturated heterocycles. The molecule has 2 aliphatic rings. The summed E-state index contributed by atoms with van der Waals surface area (Å²) in [5.41, 5.74) is 0. The number of halogens is 2. The van der Waals surface area contributed by atoms with E-state index in [1.165, 1.54) is 12.8 Å². The van der Waals surface area contributed by atoms with Gasteiger partial charge in [0, 0.05) is 10.8 Å². The maximum Gasteiger partial charge on any atom is 0.0371 e. The number of alkyl halides is 2. The smallest absolute Gasteiger partial charge is 0.0371 e. The minimum Gasteiger partial charge on any atom is -0.123 e. The molecule has 0 heterocycles. The van der Waals surface area contributed by atoms with Gasteiger partial charge in [-0.25, -0.2) is 0 Å². The highest BCUT2D eigenvalue weighted by Crippen LogP contribution is 2.54. The molecule has 0 nitrogen and oxygen atoms in total. The summed E-state index contributed by atoms with van der Waals surface area (Å²) in [6, 6.07) is 0. The van der Waals surface area contributed by atoms with Crippen molar-refractivity contribution in [3.05, 3.63) is 0 Å². The average Bonchev–Trinajstić information content (AvgIpc) is 2.47. The normalized spacial score (nSPS) is 60.8. The second kappa shape index (κ2) is 1.54. The van der Waals surface area contributed by atoms with Gasteiger partial charge in [-0.05, 0) is 24.7 Å². The van der Waals surface area contributed by atoms with Gasteiger partial charge in [-0.15, -0.1) is 23.2 Å². The summed E-state index contributed by atoms with van der Waals surface area (Å²) in [5.74, 6) is 1.58. The van der Waals surface area contributed by atoms with Crippen LogP contribution < -0.4 is 0 Å². The summed E-state index contributed by atoms with van der Waals surface area (Å²) in [6.07, 6.45) is 2.44. The van der Waals surface area contributed by atoms with Crippen molar-refractivity contribution in [3.8, 4) is 0 Å². The van der Waals surface area contributed by atoms with Gasteiger partial charge in [-0.2, -0.15) is 0 Å². The number of hydrogen-bond acceptors (Lipinski definition) is 0. The second-order valence-corrected chi connectivity index (χ2v) is 3.95. The molecule has 2 aliphatic carbocycles. The van der Waals surface area contributed by atoms with Gasteiger partial charge >= 0.3 is 0 Å². The van der Waals surface area contributed by atoms with Crippen LogP contribution in [0.2, 0.25) is 0 Å². The zero-order chi connectivity index (χ0) is 5.72. The van der Waals surface area contributed by atoms with Gasteiger partial charge in [0.2, 0.25) is 0 Å². The van der Waals surface area contributed by atoms with E-state index in [1.807, 2.05) is 0 Å². The molecule has 0 spiro atoms. The van der Waals surface area contributed by atoms with E-state index < -0.39 is 0 Å². The molecule has 0 aromatic carbocycles. The first-order valence-electron chi connectivity index (χ1n) is 3.07. The molecular weight excluding hydrogens is 143 g/mol. The Balaban J connectivity index is 1.86.